The minimum atomic E-state index is -0.275. The number of nitrogens with zero attached hydrogens (tertiary/aromatic N) is 4. The van der Waals surface area contributed by atoms with E-state index in [-0.39, 0.29) is 29.4 Å². The number of aromatic nitrogens is 3. The van der Waals surface area contributed by atoms with E-state index in [1.54, 1.807) is 36.2 Å². The molecule has 1 atom stereocenters. The van der Waals surface area contributed by atoms with Crippen LogP contribution in [0.5, 0.6) is 0 Å². The number of carbonyl (C=O) groups is 1. The normalized spacial score (nSPS) is 16.5. The van der Waals surface area contributed by atoms with E-state index in [9.17, 15) is 9.18 Å². The Balaban J connectivity index is 1.52. The van der Waals surface area contributed by atoms with Crippen LogP contribution in [0, 0.1) is 12.7 Å². The van der Waals surface area contributed by atoms with Gasteiger partial charge in [-0.2, -0.15) is 0 Å². The second-order valence-corrected chi connectivity index (χ2v) is 6.88. The largest absolute Gasteiger partial charge is 0.443 e. The summed E-state index contributed by atoms with van der Waals surface area (Å²) in [5.41, 5.74) is 7.52. The lowest BCUT2D eigenvalue weighted by Crippen LogP contribution is -2.31. The highest BCUT2D eigenvalue weighted by molar-refractivity contribution is 5.93. The topological polar surface area (TPSA) is 98.1 Å². The Hall–Kier alpha value is -3.29. The maximum Gasteiger partial charge on any atom is 0.273 e. The molecule has 0 saturated carbocycles. The van der Waals surface area contributed by atoms with E-state index in [0.717, 1.165) is 18.4 Å². The summed E-state index contributed by atoms with van der Waals surface area (Å²) in [6, 6.07) is 7.64. The molecule has 1 aliphatic rings. The van der Waals surface area contributed by atoms with Gasteiger partial charge < -0.3 is 15.1 Å². The number of oxazole rings is 1. The second kappa shape index (κ2) is 7.38. The lowest BCUT2D eigenvalue weighted by molar-refractivity contribution is 0.0708. The van der Waals surface area contributed by atoms with Crippen molar-refractivity contribution in [2.75, 3.05) is 12.3 Å². The van der Waals surface area contributed by atoms with Gasteiger partial charge in [0.1, 0.15) is 23.3 Å². The van der Waals surface area contributed by atoms with Crippen molar-refractivity contribution in [1.82, 2.24) is 19.9 Å². The Bertz CT molecular complexity index is 982. The van der Waals surface area contributed by atoms with Crippen LogP contribution in [0.4, 0.5) is 10.3 Å². The minimum Gasteiger partial charge on any atom is -0.443 e. The Morgan fingerprint density at radius 3 is 2.86 bits per heavy atom. The van der Waals surface area contributed by atoms with Crippen LogP contribution < -0.4 is 5.73 Å². The number of rotatable bonds is 4. The zero-order valence-corrected chi connectivity index (χ0v) is 15.4. The van der Waals surface area contributed by atoms with Crippen molar-refractivity contribution in [2.45, 2.75) is 32.2 Å². The Morgan fingerprint density at radius 1 is 1.32 bits per heavy atom. The van der Waals surface area contributed by atoms with Gasteiger partial charge in [0, 0.05) is 18.7 Å². The fourth-order valence-electron chi connectivity index (χ4n) is 3.48. The lowest BCUT2D eigenvalue weighted by atomic mass is 10.1. The predicted molar refractivity (Wildman–Crippen MR) is 99.9 cm³/mol. The first kappa shape index (κ1) is 18.1. The summed E-state index contributed by atoms with van der Waals surface area (Å²) in [5, 5.41) is 0. The smallest absolute Gasteiger partial charge is 0.273 e. The molecule has 3 heterocycles. The number of anilines is 1. The first-order valence-corrected chi connectivity index (χ1v) is 9.11. The highest BCUT2D eigenvalue weighted by Gasteiger charge is 2.34. The van der Waals surface area contributed by atoms with Gasteiger partial charge in [-0.25, -0.2) is 19.3 Å². The number of likely N-dealkylation sites (tertiary alicyclic amines) is 1. The Kier molecular flexibility index (Phi) is 4.77. The lowest BCUT2D eigenvalue weighted by Gasteiger charge is -2.22. The summed E-state index contributed by atoms with van der Waals surface area (Å²) in [6.45, 7) is 2.37. The summed E-state index contributed by atoms with van der Waals surface area (Å²) in [7, 11) is 0. The van der Waals surface area contributed by atoms with E-state index in [0.29, 0.717) is 30.3 Å². The molecule has 1 saturated heterocycles. The molecule has 0 radical (unpaired) electrons. The third-order valence-electron chi connectivity index (χ3n) is 4.75. The summed E-state index contributed by atoms with van der Waals surface area (Å²) in [5.74, 6) is 0.766. The SMILES string of the molecule is Cc1cc(C(=O)N2CCCC2c2ncc(Cc3ccc(F)cc3)o2)nc(N)n1. The van der Waals surface area contributed by atoms with Crippen molar-refractivity contribution >= 4 is 11.9 Å². The van der Waals surface area contributed by atoms with Crippen LogP contribution in [0.1, 0.15) is 52.3 Å². The number of benzene rings is 1. The summed E-state index contributed by atoms with van der Waals surface area (Å²) >= 11 is 0. The van der Waals surface area contributed by atoms with Crippen LogP contribution in [-0.2, 0) is 6.42 Å². The van der Waals surface area contributed by atoms with Gasteiger partial charge >= 0.3 is 0 Å². The summed E-state index contributed by atoms with van der Waals surface area (Å²) in [4.78, 5) is 27.1. The fraction of sp³-hybridized carbons (Fsp3) is 0.300. The van der Waals surface area contributed by atoms with Crippen LogP contribution in [0.3, 0.4) is 0 Å². The third-order valence-corrected chi connectivity index (χ3v) is 4.75. The first-order valence-electron chi connectivity index (χ1n) is 9.11. The van der Waals surface area contributed by atoms with Crippen LogP contribution in [0.25, 0.3) is 0 Å². The quantitative estimate of drug-likeness (QED) is 0.746. The monoisotopic (exact) mass is 381 g/mol. The van der Waals surface area contributed by atoms with E-state index in [4.69, 9.17) is 10.2 Å². The third kappa shape index (κ3) is 3.71. The highest BCUT2D eigenvalue weighted by atomic mass is 19.1. The molecule has 144 valence electrons. The number of nitrogen functional groups attached to an aromatic ring is 1. The van der Waals surface area contributed by atoms with Crippen molar-refractivity contribution in [3.63, 3.8) is 0 Å². The zero-order chi connectivity index (χ0) is 19.7. The molecule has 28 heavy (non-hydrogen) atoms. The van der Waals surface area contributed by atoms with E-state index in [2.05, 4.69) is 15.0 Å². The summed E-state index contributed by atoms with van der Waals surface area (Å²) in [6.07, 6.45) is 3.79. The number of hydrogen-bond acceptors (Lipinski definition) is 6. The first-order chi connectivity index (χ1) is 13.5. The van der Waals surface area contributed by atoms with Gasteiger partial charge in [0.05, 0.1) is 6.20 Å². The molecule has 1 amide bonds. The van der Waals surface area contributed by atoms with Gasteiger partial charge in [-0.1, -0.05) is 12.1 Å². The molecule has 3 aromatic rings. The van der Waals surface area contributed by atoms with Crippen molar-refractivity contribution in [3.8, 4) is 0 Å². The van der Waals surface area contributed by atoms with Gasteiger partial charge in [0.15, 0.2) is 0 Å². The number of halogens is 1. The highest BCUT2D eigenvalue weighted by Crippen LogP contribution is 2.33. The van der Waals surface area contributed by atoms with Crippen molar-refractivity contribution in [1.29, 1.82) is 0 Å². The van der Waals surface area contributed by atoms with Crippen LogP contribution >= 0.6 is 0 Å². The number of aryl methyl sites for hydroxylation is 1. The molecular formula is C20H20FN5O2. The molecule has 1 fully saturated rings. The molecule has 1 unspecified atom stereocenters. The molecule has 8 heteroatoms. The fourth-order valence-corrected chi connectivity index (χ4v) is 3.48. The zero-order valence-electron chi connectivity index (χ0n) is 15.4. The van der Waals surface area contributed by atoms with Gasteiger partial charge in [0.25, 0.3) is 5.91 Å². The maximum atomic E-state index is 13.1. The Morgan fingerprint density at radius 2 is 2.11 bits per heavy atom. The average Bonchev–Trinajstić information content (AvgIpc) is 3.31. The molecule has 2 aromatic heterocycles. The Labute approximate surface area is 161 Å². The van der Waals surface area contributed by atoms with E-state index in [1.807, 2.05) is 0 Å². The van der Waals surface area contributed by atoms with Crippen molar-refractivity contribution < 1.29 is 13.6 Å². The van der Waals surface area contributed by atoms with Gasteiger partial charge in [-0.3, -0.25) is 4.79 Å². The number of nitrogens with two attached hydrogens (primary N) is 1. The molecule has 0 aliphatic carbocycles. The number of hydrogen-bond donors (Lipinski definition) is 1. The standard InChI is InChI=1S/C20H20FN5O2/c1-12-9-16(25-20(22)24-12)19(27)26-8-2-3-17(26)18-23-11-15(28-18)10-13-4-6-14(21)7-5-13/h4-7,9,11,17H,2-3,8,10H2,1H3,(H2,22,24,25). The van der Waals surface area contributed by atoms with Crippen molar-refractivity contribution in [3.05, 3.63) is 70.9 Å². The molecule has 1 aliphatic heterocycles. The van der Waals surface area contributed by atoms with Gasteiger partial charge in [-0.05, 0) is 43.5 Å². The second-order valence-electron chi connectivity index (χ2n) is 6.88. The molecule has 0 bridgehead atoms. The average molecular weight is 381 g/mol. The minimum absolute atomic E-state index is 0.0804. The molecule has 4 rings (SSSR count). The van der Waals surface area contributed by atoms with E-state index >= 15 is 0 Å². The molecule has 0 spiro atoms. The molecule has 2 N–H and O–H groups in total. The number of amides is 1. The summed E-state index contributed by atoms with van der Waals surface area (Å²) < 4.78 is 19.0. The van der Waals surface area contributed by atoms with E-state index in [1.165, 1.54) is 12.1 Å². The van der Waals surface area contributed by atoms with Crippen LogP contribution in [0.15, 0.2) is 40.9 Å². The van der Waals surface area contributed by atoms with Crippen LogP contribution in [0.2, 0.25) is 0 Å². The maximum absolute atomic E-state index is 13.1. The molecule has 1 aromatic carbocycles. The molecule has 7 nitrogen and oxygen atoms in total. The van der Waals surface area contributed by atoms with Crippen molar-refractivity contribution in [2.24, 2.45) is 0 Å². The predicted octanol–water partition coefficient (Wildman–Crippen LogP) is 3.06. The van der Waals surface area contributed by atoms with Gasteiger partial charge in [-0.15, -0.1) is 0 Å². The molecular weight excluding hydrogens is 361 g/mol. The number of carbonyl (C=O) groups excluding carboxylic acids is 1. The van der Waals surface area contributed by atoms with E-state index < -0.39 is 0 Å². The van der Waals surface area contributed by atoms with Gasteiger partial charge in [0.2, 0.25) is 11.8 Å². The van der Waals surface area contributed by atoms with Crippen LogP contribution in [-0.4, -0.2) is 32.3 Å².